The second-order valence-electron chi connectivity index (χ2n) is 6.80. The molecule has 0 saturated heterocycles. The van der Waals surface area contributed by atoms with E-state index in [1.165, 1.54) is 31.2 Å². The molecule has 1 aliphatic carbocycles. The summed E-state index contributed by atoms with van der Waals surface area (Å²) >= 11 is 0. The lowest BCUT2D eigenvalue weighted by Gasteiger charge is -2.39. The number of hydrogen-bond acceptors (Lipinski definition) is 10. The highest BCUT2D eigenvalue weighted by Gasteiger charge is 2.77. The Hall–Kier alpha value is -3.98. The van der Waals surface area contributed by atoms with Crippen LogP contribution in [0.4, 0.5) is 5.69 Å². The van der Waals surface area contributed by atoms with E-state index in [0.717, 1.165) is 28.4 Å². The van der Waals surface area contributed by atoms with Gasteiger partial charge in [0.2, 0.25) is 10.8 Å². The van der Waals surface area contributed by atoms with E-state index in [-0.39, 0.29) is 23.3 Å². The Bertz CT molecular complexity index is 1010. The molecule has 170 valence electrons. The van der Waals surface area contributed by atoms with Crippen molar-refractivity contribution in [3.63, 3.8) is 0 Å². The van der Waals surface area contributed by atoms with Crippen LogP contribution in [0.5, 0.6) is 0 Å². The van der Waals surface area contributed by atoms with Crippen molar-refractivity contribution in [2.24, 2.45) is 10.8 Å². The minimum Gasteiger partial charge on any atom is -0.468 e. The van der Waals surface area contributed by atoms with Crippen molar-refractivity contribution < 1.29 is 43.0 Å². The predicted molar refractivity (Wildman–Crippen MR) is 106 cm³/mol. The van der Waals surface area contributed by atoms with Crippen molar-refractivity contribution in [3.05, 3.63) is 56.8 Å². The van der Waals surface area contributed by atoms with Crippen LogP contribution in [0, 0.1) is 20.9 Å². The van der Waals surface area contributed by atoms with E-state index in [1.54, 1.807) is 0 Å². The van der Waals surface area contributed by atoms with Crippen molar-refractivity contribution in [2.45, 2.75) is 13.3 Å². The van der Waals surface area contributed by atoms with Crippen LogP contribution in [0.25, 0.3) is 0 Å². The van der Waals surface area contributed by atoms with Gasteiger partial charge in [-0.1, -0.05) is 12.1 Å². The standard InChI is InChI=1S/C21H21NO10/c1-12-10-14(11-13-6-8-15(9-7-13)22(27)28)21(18(25)31-4,19(26)32-5)20(12,16(23)29-2)17(24)30-3/h6-9H,11H2,1-5H3. The molecule has 0 spiro atoms. The van der Waals surface area contributed by atoms with Crippen LogP contribution in [-0.2, 0) is 44.5 Å². The van der Waals surface area contributed by atoms with Gasteiger partial charge in [0.25, 0.3) is 5.69 Å². The second kappa shape index (κ2) is 9.03. The van der Waals surface area contributed by atoms with E-state index in [1.807, 2.05) is 0 Å². The normalized spacial score (nSPS) is 15.7. The lowest BCUT2D eigenvalue weighted by Crippen LogP contribution is -2.62. The van der Waals surface area contributed by atoms with Crippen molar-refractivity contribution in [1.29, 1.82) is 0 Å². The molecule has 0 fully saturated rings. The van der Waals surface area contributed by atoms with Gasteiger partial charge in [0.1, 0.15) is 0 Å². The smallest absolute Gasteiger partial charge is 0.330 e. The first kappa shape index (κ1) is 24.3. The molecule has 0 unspecified atom stereocenters. The molecule has 0 saturated carbocycles. The molecule has 32 heavy (non-hydrogen) atoms. The molecular formula is C21H21NO10. The van der Waals surface area contributed by atoms with E-state index in [9.17, 15) is 29.3 Å². The zero-order valence-corrected chi connectivity index (χ0v) is 18.0. The van der Waals surface area contributed by atoms with Gasteiger partial charge in [-0.15, -0.1) is 5.73 Å². The number of ether oxygens (including phenoxy) is 4. The quantitative estimate of drug-likeness (QED) is 0.149. The van der Waals surface area contributed by atoms with Crippen molar-refractivity contribution in [1.82, 2.24) is 0 Å². The Labute approximate surface area is 182 Å². The highest BCUT2D eigenvalue weighted by Crippen LogP contribution is 2.57. The molecule has 1 aromatic carbocycles. The zero-order valence-electron chi connectivity index (χ0n) is 18.0. The fourth-order valence-electron chi connectivity index (χ4n) is 3.98. The van der Waals surface area contributed by atoms with E-state index >= 15 is 0 Å². The third-order valence-electron chi connectivity index (χ3n) is 5.41. The van der Waals surface area contributed by atoms with Gasteiger partial charge in [-0.2, -0.15) is 0 Å². The van der Waals surface area contributed by atoms with Gasteiger partial charge in [-0.05, 0) is 18.1 Å². The zero-order chi connectivity index (χ0) is 24.3. The maximum absolute atomic E-state index is 13.2. The number of non-ortho nitro benzene ring substituents is 1. The second-order valence-corrected chi connectivity index (χ2v) is 6.80. The van der Waals surface area contributed by atoms with Crippen LogP contribution in [0.1, 0.15) is 12.5 Å². The highest BCUT2D eigenvalue weighted by atomic mass is 16.6. The molecule has 1 aromatic rings. The Morgan fingerprint density at radius 3 is 1.62 bits per heavy atom. The Kier molecular flexibility index (Phi) is 6.85. The van der Waals surface area contributed by atoms with Gasteiger partial charge < -0.3 is 18.9 Å². The molecule has 0 aliphatic heterocycles. The number of nitro benzene ring substituents is 1. The van der Waals surface area contributed by atoms with Crippen molar-refractivity contribution >= 4 is 29.6 Å². The molecule has 0 N–H and O–H groups in total. The van der Waals surface area contributed by atoms with Crippen LogP contribution >= 0.6 is 0 Å². The van der Waals surface area contributed by atoms with Gasteiger partial charge >= 0.3 is 23.9 Å². The topological polar surface area (TPSA) is 148 Å². The minimum absolute atomic E-state index is 0.121. The summed E-state index contributed by atoms with van der Waals surface area (Å²) < 4.78 is 19.3. The lowest BCUT2D eigenvalue weighted by atomic mass is 9.58. The van der Waals surface area contributed by atoms with Gasteiger partial charge in [0.05, 0.1) is 33.4 Å². The number of esters is 4. The van der Waals surface area contributed by atoms with Crippen molar-refractivity contribution in [2.75, 3.05) is 28.4 Å². The van der Waals surface area contributed by atoms with Crippen LogP contribution < -0.4 is 0 Å². The number of nitrogens with zero attached hydrogens (tertiary/aromatic N) is 1. The molecule has 0 radical (unpaired) electrons. The summed E-state index contributed by atoms with van der Waals surface area (Å²) in [6.45, 7) is 1.32. The molecule has 1 aliphatic rings. The largest absolute Gasteiger partial charge is 0.468 e. The Morgan fingerprint density at radius 1 is 0.844 bits per heavy atom. The number of carbonyl (C=O) groups excluding carboxylic acids is 4. The van der Waals surface area contributed by atoms with E-state index in [2.05, 4.69) is 5.73 Å². The summed E-state index contributed by atoms with van der Waals surface area (Å²) in [7, 11) is 3.91. The van der Waals surface area contributed by atoms with Crippen LogP contribution in [-0.4, -0.2) is 57.2 Å². The van der Waals surface area contributed by atoms with Gasteiger partial charge in [0, 0.05) is 24.1 Å². The average molecular weight is 447 g/mol. The number of nitro groups is 1. The Morgan fingerprint density at radius 2 is 1.25 bits per heavy atom. The number of carbonyl (C=O) groups is 4. The van der Waals surface area contributed by atoms with Gasteiger partial charge in [-0.25, -0.2) is 0 Å². The van der Waals surface area contributed by atoms with Crippen molar-refractivity contribution in [3.8, 4) is 0 Å². The Balaban J connectivity index is 2.85. The predicted octanol–water partition coefficient (Wildman–Crippen LogP) is 1.29. The maximum atomic E-state index is 13.2. The van der Waals surface area contributed by atoms with Gasteiger partial charge in [0.15, 0.2) is 0 Å². The van der Waals surface area contributed by atoms with E-state index in [4.69, 9.17) is 18.9 Å². The summed E-state index contributed by atoms with van der Waals surface area (Å²) in [6, 6.07) is 5.26. The molecule has 0 amide bonds. The molecule has 11 heteroatoms. The first-order chi connectivity index (χ1) is 15.1. The number of rotatable bonds is 7. The lowest BCUT2D eigenvalue weighted by molar-refractivity contribution is -0.384. The fourth-order valence-corrected chi connectivity index (χ4v) is 3.98. The number of hydrogen-bond donors (Lipinski definition) is 0. The molecule has 0 aromatic heterocycles. The first-order valence-electron chi connectivity index (χ1n) is 9.13. The monoisotopic (exact) mass is 447 g/mol. The summed E-state index contributed by atoms with van der Waals surface area (Å²) in [6.07, 6.45) is -0.199. The third-order valence-corrected chi connectivity index (χ3v) is 5.41. The van der Waals surface area contributed by atoms with E-state index < -0.39 is 39.6 Å². The minimum atomic E-state index is -2.64. The van der Waals surface area contributed by atoms with Crippen LogP contribution in [0.15, 0.2) is 41.1 Å². The van der Waals surface area contributed by atoms with E-state index in [0.29, 0.717) is 5.56 Å². The molecule has 0 atom stereocenters. The summed E-state index contributed by atoms with van der Waals surface area (Å²) in [5.74, 6) is -5.02. The van der Waals surface area contributed by atoms with Crippen LogP contribution in [0.3, 0.4) is 0 Å². The van der Waals surface area contributed by atoms with Crippen LogP contribution in [0.2, 0.25) is 0 Å². The average Bonchev–Trinajstić information content (AvgIpc) is 3.06. The summed E-state index contributed by atoms with van der Waals surface area (Å²) in [5, 5.41) is 10.9. The molecule has 0 heterocycles. The molecule has 2 rings (SSSR count). The highest BCUT2D eigenvalue weighted by molar-refractivity contribution is 6.19. The summed E-state index contributed by atoms with van der Waals surface area (Å²) in [4.78, 5) is 62.8. The first-order valence-corrected chi connectivity index (χ1v) is 9.13. The number of benzene rings is 1. The third kappa shape index (κ3) is 3.23. The fraction of sp³-hybridized carbons (Fsp3) is 0.381. The SMILES string of the molecule is COC(=O)C1(C(=O)OC)C(C)=C=C(Cc2ccc([N+](=O)[O-])cc2)C1(C(=O)OC)C(=O)OC. The van der Waals surface area contributed by atoms with Gasteiger partial charge in [-0.3, -0.25) is 29.3 Å². The molecule has 11 nitrogen and oxygen atoms in total. The molecular weight excluding hydrogens is 426 g/mol. The maximum Gasteiger partial charge on any atom is 0.330 e. The number of methoxy groups -OCH3 is 4. The summed E-state index contributed by atoms with van der Waals surface area (Å²) in [5.41, 5.74) is -2.45. The molecule has 0 bridgehead atoms.